The smallest absolute Gasteiger partial charge is 0.294 e. The van der Waals surface area contributed by atoms with Crippen molar-refractivity contribution < 1.29 is 18.8 Å². The first kappa shape index (κ1) is 22.0. The minimum Gasteiger partial charge on any atom is -0.450 e. The standard InChI is InChI=1S/C24H20N2O4S2/c1-15-3-7-17(8-4-15)25-21(27)14-26-23(28)20(32-24(26)29)13-18-9-12-22(30-18)31-19-10-5-16(2)6-11-19/h3-13H,14H2,1-2H3,(H,25,27)/b20-13-. The molecule has 1 aromatic heterocycles. The number of benzene rings is 2. The predicted molar refractivity (Wildman–Crippen MR) is 126 cm³/mol. The zero-order valence-corrected chi connectivity index (χ0v) is 19.1. The van der Waals surface area contributed by atoms with Crippen molar-refractivity contribution in [1.29, 1.82) is 0 Å². The maximum absolute atomic E-state index is 12.7. The Kier molecular flexibility index (Phi) is 6.53. The van der Waals surface area contributed by atoms with E-state index in [2.05, 4.69) is 5.32 Å². The number of nitrogens with zero attached hydrogens (tertiary/aromatic N) is 1. The van der Waals surface area contributed by atoms with Gasteiger partial charge in [-0.25, -0.2) is 0 Å². The lowest BCUT2D eigenvalue weighted by atomic mass is 10.2. The summed E-state index contributed by atoms with van der Waals surface area (Å²) in [6.07, 6.45) is 1.53. The first-order valence-corrected chi connectivity index (χ1v) is 11.5. The van der Waals surface area contributed by atoms with Gasteiger partial charge in [-0.15, -0.1) is 0 Å². The van der Waals surface area contributed by atoms with Crippen molar-refractivity contribution in [3.8, 4) is 0 Å². The number of hydrogen-bond donors (Lipinski definition) is 1. The van der Waals surface area contributed by atoms with Crippen molar-refractivity contribution in [2.75, 3.05) is 11.9 Å². The molecule has 1 fully saturated rings. The summed E-state index contributed by atoms with van der Waals surface area (Å²) >= 11 is 2.26. The SMILES string of the molecule is Cc1ccc(NC(=O)CN2C(=O)S/C(=C\c3ccc(Sc4ccc(C)cc4)o3)C2=O)cc1. The van der Waals surface area contributed by atoms with Crippen LogP contribution in [0, 0.1) is 13.8 Å². The largest absolute Gasteiger partial charge is 0.450 e. The van der Waals surface area contributed by atoms with Gasteiger partial charge in [-0.1, -0.05) is 47.2 Å². The molecular formula is C24H20N2O4S2. The van der Waals surface area contributed by atoms with Crippen molar-refractivity contribution in [3.05, 3.63) is 82.5 Å². The Morgan fingerprint density at radius 1 is 1.00 bits per heavy atom. The molecule has 8 heteroatoms. The van der Waals surface area contributed by atoms with Gasteiger partial charge in [0.15, 0.2) is 5.09 Å². The zero-order chi connectivity index (χ0) is 22.7. The number of imide groups is 1. The van der Waals surface area contributed by atoms with Crippen LogP contribution in [0.5, 0.6) is 0 Å². The van der Waals surface area contributed by atoms with Crippen molar-refractivity contribution in [2.45, 2.75) is 23.8 Å². The number of thioether (sulfide) groups is 1. The van der Waals surface area contributed by atoms with Crippen LogP contribution in [0.2, 0.25) is 0 Å². The van der Waals surface area contributed by atoms with Gasteiger partial charge in [-0.3, -0.25) is 19.3 Å². The maximum atomic E-state index is 12.7. The Morgan fingerprint density at radius 3 is 2.34 bits per heavy atom. The first-order valence-electron chi connectivity index (χ1n) is 9.83. The Hall–Kier alpha value is -3.23. The molecule has 0 spiro atoms. The van der Waals surface area contributed by atoms with E-state index in [1.807, 2.05) is 56.3 Å². The molecule has 3 amide bonds. The number of hydrogen-bond acceptors (Lipinski definition) is 6. The van der Waals surface area contributed by atoms with Gasteiger partial charge in [0.25, 0.3) is 11.1 Å². The van der Waals surface area contributed by atoms with Crippen molar-refractivity contribution in [1.82, 2.24) is 4.90 Å². The average molecular weight is 465 g/mol. The van der Waals surface area contributed by atoms with Gasteiger partial charge < -0.3 is 9.73 Å². The number of nitrogens with one attached hydrogen (secondary N) is 1. The van der Waals surface area contributed by atoms with Crippen LogP contribution in [0.25, 0.3) is 6.08 Å². The third-order valence-electron chi connectivity index (χ3n) is 4.63. The van der Waals surface area contributed by atoms with Gasteiger partial charge >= 0.3 is 0 Å². The Bertz CT molecular complexity index is 1200. The van der Waals surface area contributed by atoms with Crippen molar-refractivity contribution in [3.63, 3.8) is 0 Å². The summed E-state index contributed by atoms with van der Waals surface area (Å²) < 4.78 is 5.78. The fourth-order valence-electron chi connectivity index (χ4n) is 2.94. The minimum atomic E-state index is -0.511. The second kappa shape index (κ2) is 9.50. The van der Waals surface area contributed by atoms with Gasteiger partial charge in [0.2, 0.25) is 5.91 Å². The molecule has 162 valence electrons. The molecule has 1 aliphatic rings. The lowest BCUT2D eigenvalue weighted by Crippen LogP contribution is -2.36. The van der Waals surface area contributed by atoms with Gasteiger partial charge in [-0.2, -0.15) is 0 Å². The van der Waals surface area contributed by atoms with E-state index in [1.54, 1.807) is 18.2 Å². The molecular weight excluding hydrogens is 444 g/mol. The molecule has 1 saturated heterocycles. The highest BCUT2D eigenvalue weighted by Gasteiger charge is 2.36. The van der Waals surface area contributed by atoms with Crippen LogP contribution in [0.4, 0.5) is 10.5 Å². The van der Waals surface area contributed by atoms with Crippen LogP contribution in [0.3, 0.4) is 0 Å². The zero-order valence-electron chi connectivity index (χ0n) is 17.5. The highest BCUT2D eigenvalue weighted by Crippen LogP contribution is 2.34. The molecule has 0 atom stereocenters. The normalized spacial score (nSPS) is 14.9. The van der Waals surface area contributed by atoms with Crippen LogP contribution in [-0.2, 0) is 9.59 Å². The lowest BCUT2D eigenvalue weighted by molar-refractivity contribution is -0.127. The topological polar surface area (TPSA) is 79.6 Å². The third-order valence-corrected chi connectivity index (χ3v) is 6.46. The summed E-state index contributed by atoms with van der Waals surface area (Å²) in [5, 5.41) is 2.89. The Balaban J connectivity index is 1.39. The molecule has 2 aromatic carbocycles. The predicted octanol–water partition coefficient (Wildman–Crippen LogP) is 5.72. The minimum absolute atomic E-state index is 0.222. The van der Waals surface area contributed by atoms with Gasteiger partial charge in [0, 0.05) is 16.7 Å². The molecule has 32 heavy (non-hydrogen) atoms. The molecule has 0 radical (unpaired) electrons. The summed E-state index contributed by atoms with van der Waals surface area (Å²) in [5.41, 5.74) is 2.85. The molecule has 2 heterocycles. The molecule has 6 nitrogen and oxygen atoms in total. The number of rotatable bonds is 6. The highest BCUT2D eigenvalue weighted by atomic mass is 32.2. The monoisotopic (exact) mass is 464 g/mol. The highest BCUT2D eigenvalue weighted by molar-refractivity contribution is 8.18. The number of carbonyl (C=O) groups is 3. The number of anilines is 1. The van der Waals surface area contributed by atoms with Crippen molar-refractivity contribution >= 4 is 52.3 Å². The quantitative estimate of drug-likeness (QED) is 0.470. The number of amides is 3. The summed E-state index contributed by atoms with van der Waals surface area (Å²) in [6, 6.07) is 18.9. The van der Waals surface area contributed by atoms with E-state index in [-0.39, 0.29) is 11.4 Å². The summed E-state index contributed by atoms with van der Waals surface area (Å²) in [6.45, 7) is 3.63. The van der Waals surface area contributed by atoms with E-state index in [0.717, 1.165) is 27.1 Å². The van der Waals surface area contributed by atoms with E-state index in [1.165, 1.54) is 23.4 Å². The van der Waals surface area contributed by atoms with Gasteiger partial charge in [0.05, 0.1) is 4.91 Å². The number of furan rings is 1. The lowest BCUT2D eigenvalue weighted by Gasteiger charge is -2.12. The molecule has 0 aliphatic carbocycles. The fraction of sp³-hybridized carbons (Fsp3) is 0.125. The van der Waals surface area contributed by atoms with Crippen LogP contribution in [-0.4, -0.2) is 28.5 Å². The van der Waals surface area contributed by atoms with E-state index in [0.29, 0.717) is 16.5 Å². The third kappa shape index (κ3) is 5.33. The first-order chi connectivity index (χ1) is 15.4. The average Bonchev–Trinajstić information content (AvgIpc) is 3.31. The maximum Gasteiger partial charge on any atom is 0.294 e. The van der Waals surface area contributed by atoms with Crippen LogP contribution < -0.4 is 5.32 Å². The van der Waals surface area contributed by atoms with Crippen LogP contribution >= 0.6 is 23.5 Å². The van der Waals surface area contributed by atoms with E-state index >= 15 is 0 Å². The summed E-state index contributed by atoms with van der Waals surface area (Å²) in [5.74, 6) is -0.482. The van der Waals surface area contributed by atoms with Gasteiger partial charge in [-0.05, 0) is 62.0 Å². The Morgan fingerprint density at radius 2 is 1.66 bits per heavy atom. The van der Waals surface area contributed by atoms with Gasteiger partial charge in [0.1, 0.15) is 12.3 Å². The summed E-state index contributed by atoms with van der Waals surface area (Å²) in [4.78, 5) is 39.5. The molecule has 0 unspecified atom stereocenters. The number of aryl methyl sites for hydroxylation is 2. The van der Waals surface area contributed by atoms with Crippen LogP contribution in [0.15, 0.2) is 80.0 Å². The molecule has 0 bridgehead atoms. The molecule has 1 aliphatic heterocycles. The molecule has 3 aromatic rings. The van der Waals surface area contributed by atoms with Crippen LogP contribution in [0.1, 0.15) is 16.9 Å². The van der Waals surface area contributed by atoms with E-state index in [9.17, 15) is 14.4 Å². The van der Waals surface area contributed by atoms with Crippen molar-refractivity contribution in [2.24, 2.45) is 0 Å². The van der Waals surface area contributed by atoms with E-state index < -0.39 is 17.1 Å². The summed E-state index contributed by atoms with van der Waals surface area (Å²) in [7, 11) is 0. The molecule has 0 saturated carbocycles. The number of carbonyl (C=O) groups excluding carboxylic acids is 3. The van der Waals surface area contributed by atoms with E-state index in [4.69, 9.17) is 4.42 Å². The molecule has 1 N–H and O–H groups in total. The fourth-order valence-corrected chi connectivity index (χ4v) is 4.53. The molecule has 4 rings (SSSR count). The Labute approximate surface area is 194 Å². The second-order valence-electron chi connectivity index (χ2n) is 7.25. The second-order valence-corrected chi connectivity index (χ2v) is 9.33.